The van der Waals surface area contributed by atoms with Gasteiger partial charge in [0.15, 0.2) is 11.5 Å². The Morgan fingerprint density at radius 3 is 2.24 bits per heavy atom. The number of methoxy groups -OCH3 is 2. The number of ether oxygens (including phenoxy) is 3. The molecule has 4 N–H and O–H groups in total. The van der Waals surface area contributed by atoms with Crippen molar-refractivity contribution in [2.45, 2.75) is 84.4 Å². The van der Waals surface area contributed by atoms with E-state index in [2.05, 4.69) is 52.1 Å². The normalized spacial score (nSPS) is 14.1. The number of benzene rings is 1. The van der Waals surface area contributed by atoms with Gasteiger partial charge in [0, 0.05) is 38.3 Å². The van der Waals surface area contributed by atoms with Crippen LogP contribution < -0.4 is 20.5 Å². The molecule has 0 aromatic heterocycles. The first-order valence-electron chi connectivity index (χ1n) is 12.2. The molecular formula is C26H50Cl2N2O4. The molecule has 0 saturated carbocycles. The minimum Gasteiger partial charge on any atom is -0.493 e. The first kappa shape index (κ1) is 35.4. The van der Waals surface area contributed by atoms with E-state index in [1.54, 1.807) is 14.2 Å². The van der Waals surface area contributed by atoms with Crippen molar-refractivity contribution in [1.29, 1.82) is 0 Å². The van der Waals surface area contributed by atoms with Crippen LogP contribution in [0.15, 0.2) is 18.2 Å². The second kappa shape index (κ2) is 18.5. The van der Waals surface area contributed by atoms with Crippen LogP contribution >= 0.6 is 24.8 Å². The van der Waals surface area contributed by atoms with Crippen molar-refractivity contribution in [1.82, 2.24) is 5.32 Å². The molecule has 0 radical (unpaired) electrons. The van der Waals surface area contributed by atoms with E-state index >= 15 is 0 Å². The van der Waals surface area contributed by atoms with Crippen LogP contribution in [-0.2, 0) is 11.2 Å². The number of aliphatic hydroxyl groups is 1. The van der Waals surface area contributed by atoms with Gasteiger partial charge >= 0.3 is 0 Å². The van der Waals surface area contributed by atoms with E-state index in [1.165, 1.54) is 5.56 Å². The van der Waals surface area contributed by atoms with Crippen molar-refractivity contribution in [3.8, 4) is 11.5 Å². The van der Waals surface area contributed by atoms with Crippen molar-refractivity contribution < 1.29 is 19.3 Å². The van der Waals surface area contributed by atoms with E-state index in [4.69, 9.17) is 19.9 Å². The third kappa shape index (κ3) is 12.3. The van der Waals surface area contributed by atoms with Crippen LogP contribution in [0, 0.1) is 11.8 Å². The SMILES string of the molecule is CCC(C)(CC)NC[C@H](O)[C@@H](N)C[C@H](Cc1ccc(OC)c(OCCCOC)c1)C(C)C.Cl.Cl. The number of aliphatic hydroxyl groups excluding tert-OH is 1. The minimum atomic E-state index is -0.566. The van der Waals surface area contributed by atoms with E-state index in [1.807, 2.05) is 6.07 Å². The summed E-state index contributed by atoms with van der Waals surface area (Å²) in [6.45, 7) is 12.7. The summed E-state index contributed by atoms with van der Waals surface area (Å²) in [6.07, 6.45) is 3.95. The summed E-state index contributed by atoms with van der Waals surface area (Å²) >= 11 is 0. The number of hydrogen-bond acceptors (Lipinski definition) is 6. The number of nitrogens with one attached hydrogen (secondary N) is 1. The lowest BCUT2D eigenvalue weighted by Gasteiger charge is -2.32. The molecule has 0 unspecified atom stereocenters. The van der Waals surface area contributed by atoms with Crippen molar-refractivity contribution in [2.24, 2.45) is 17.6 Å². The molecule has 0 aliphatic rings. The van der Waals surface area contributed by atoms with Gasteiger partial charge < -0.3 is 30.4 Å². The van der Waals surface area contributed by atoms with Gasteiger partial charge in [0.2, 0.25) is 0 Å². The zero-order valence-electron chi connectivity index (χ0n) is 22.3. The number of hydrogen-bond donors (Lipinski definition) is 3. The molecule has 0 bridgehead atoms. The summed E-state index contributed by atoms with van der Waals surface area (Å²) in [5.74, 6) is 2.31. The maximum atomic E-state index is 10.7. The van der Waals surface area contributed by atoms with Crippen molar-refractivity contribution in [2.75, 3.05) is 34.0 Å². The standard InChI is InChI=1S/C26H48N2O4.2ClH/c1-8-26(5,9-2)28-18-23(29)22(27)17-21(19(3)4)15-20-11-12-24(31-7)25(16-20)32-14-10-13-30-6;;/h11-12,16,19,21-23,28-29H,8-10,13-15,17-18,27H2,1-7H3;2*1H/t21-,22-,23-;;/m0../s1. The van der Waals surface area contributed by atoms with E-state index in [0.29, 0.717) is 31.6 Å². The van der Waals surface area contributed by atoms with Crippen LogP contribution in [0.3, 0.4) is 0 Å². The highest BCUT2D eigenvalue weighted by Gasteiger charge is 2.25. The maximum Gasteiger partial charge on any atom is 0.161 e. The molecule has 0 fully saturated rings. The van der Waals surface area contributed by atoms with Gasteiger partial charge in [0.1, 0.15) is 0 Å². The van der Waals surface area contributed by atoms with Crippen LogP contribution in [0.4, 0.5) is 0 Å². The van der Waals surface area contributed by atoms with Gasteiger partial charge in [-0.1, -0.05) is 33.8 Å². The highest BCUT2D eigenvalue weighted by atomic mass is 35.5. The molecule has 8 heteroatoms. The average molecular weight is 526 g/mol. The number of halogens is 2. The average Bonchev–Trinajstić information content (AvgIpc) is 2.79. The maximum absolute atomic E-state index is 10.7. The van der Waals surface area contributed by atoms with Gasteiger partial charge in [0.05, 0.1) is 19.8 Å². The fourth-order valence-electron chi connectivity index (χ4n) is 3.75. The van der Waals surface area contributed by atoms with Crippen LogP contribution in [0.1, 0.15) is 65.9 Å². The predicted octanol–water partition coefficient (Wildman–Crippen LogP) is 5.02. The Kier molecular flexibility index (Phi) is 19.3. The largest absolute Gasteiger partial charge is 0.493 e. The molecule has 6 nitrogen and oxygen atoms in total. The summed E-state index contributed by atoms with van der Waals surface area (Å²) in [5.41, 5.74) is 7.68. The Morgan fingerprint density at radius 2 is 1.71 bits per heavy atom. The molecular weight excluding hydrogens is 475 g/mol. The Bertz CT molecular complexity index is 645. The number of nitrogens with two attached hydrogens (primary N) is 1. The Labute approximate surface area is 220 Å². The summed E-state index contributed by atoms with van der Waals surface area (Å²) < 4.78 is 16.5. The summed E-state index contributed by atoms with van der Waals surface area (Å²) in [5, 5.41) is 14.2. The molecule has 202 valence electrons. The highest BCUT2D eigenvalue weighted by molar-refractivity contribution is 5.85. The predicted molar refractivity (Wildman–Crippen MR) is 147 cm³/mol. The van der Waals surface area contributed by atoms with Gasteiger partial charge in [0.25, 0.3) is 0 Å². The van der Waals surface area contributed by atoms with Crippen molar-refractivity contribution in [3.05, 3.63) is 23.8 Å². The third-order valence-corrected chi connectivity index (χ3v) is 6.79. The zero-order chi connectivity index (χ0) is 24.1. The summed E-state index contributed by atoms with van der Waals surface area (Å²) in [7, 11) is 3.35. The van der Waals surface area contributed by atoms with E-state index < -0.39 is 6.10 Å². The lowest BCUT2D eigenvalue weighted by Crippen LogP contribution is -2.50. The quantitative estimate of drug-likeness (QED) is 0.248. The number of rotatable bonds is 17. The molecule has 1 aromatic carbocycles. The molecule has 1 rings (SSSR count). The minimum absolute atomic E-state index is 0. The molecule has 0 spiro atoms. The van der Waals surface area contributed by atoms with Gasteiger partial charge in [-0.25, -0.2) is 0 Å². The Morgan fingerprint density at radius 1 is 1.06 bits per heavy atom. The zero-order valence-corrected chi connectivity index (χ0v) is 23.9. The smallest absolute Gasteiger partial charge is 0.161 e. The number of β-amino-alcohol motifs (C(OH)–C–C–N with tert-alkyl or cyclic N) is 1. The van der Waals surface area contributed by atoms with E-state index in [0.717, 1.165) is 43.6 Å². The summed E-state index contributed by atoms with van der Waals surface area (Å²) in [6, 6.07) is 5.86. The molecule has 0 amide bonds. The fraction of sp³-hybridized carbons (Fsp3) is 0.769. The van der Waals surface area contributed by atoms with Crippen LogP contribution in [0.2, 0.25) is 0 Å². The van der Waals surface area contributed by atoms with Gasteiger partial charge in [-0.05, 0) is 62.1 Å². The molecule has 0 saturated heterocycles. The van der Waals surface area contributed by atoms with Crippen LogP contribution in [-0.4, -0.2) is 56.8 Å². The van der Waals surface area contributed by atoms with Crippen LogP contribution in [0.25, 0.3) is 0 Å². The van der Waals surface area contributed by atoms with Crippen LogP contribution in [0.5, 0.6) is 11.5 Å². The van der Waals surface area contributed by atoms with Crippen molar-refractivity contribution in [3.63, 3.8) is 0 Å². The lowest BCUT2D eigenvalue weighted by molar-refractivity contribution is 0.112. The second-order valence-electron chi connectivity index (χ2n) is 9.50. The van der Waals surface area contributed by atoms with Gasteiger partial charge in [-0.3, -0.25) is 0 Å². The fourth-order valence-corrected chi connectivity index (χ4v) is 3.75. The Hall–Kier alpha value is -0.760. The third-order valence-electron chi connectivity index (χ3n) is 6.79. The lowest BCUT2D eigenvalue weighted by atomic mass is 9.83. The first-order chi connectivity index (χ1) is 15.2. The van der Waals surface area contributed by atoms with Crippen molar-refractivity contribution >= 4 is 24.8 Å². The van der Waals surface area contributed by atoms with E-state index in [-0.39, 0.29) is 36.4 Å². The molecule has 0 aliphatic carbocycles. The Balaban J connectivity index is 0. The topological polar surface area (TPSA) is 86.0 Å². The highest BCUT2D eigenvalue weighted by Crippen LogP contribution is 2.31. The first-order valence-corrected chi connectivity index (χ1v) is 12.2. The summed E-state index contributed by atoms with van der Waals surface area (Å²) in [4.78, 5) is 0. The van der Waals surface area contributed by atoms with Gasteiger partial charge in [-0.2, -0.15) is 0 Å². The van der Waals surface area contributed by atoms with E-state index in [9.17, 15) is 5.11 Å². The molecule has 0 aliphatic heterocycles. The second-order valence-corrected chi connectivity index (χ2v) is 9.50. The van der Waals surface area contributed by atoms with Gasteiger partial charge in [-0.15, -0.1) is 24.8 Å². The molecule has 1 aromatic rings. The molecule has 34 heavy (non-hydrogen) atoms. The molecule has 3 atom stereocenters. The monoisotopic (exact) mass is 524 g/mol. The molecule has 0 heterocycles.